The highest BCUT2D eigenvalue weighted by Crippen LogP contribution is 2.14. The SMILES string of the molecule is Cc1oc(CNC(=O)CCc2cccs2)cc1C(=O)O. The van der Waals surface area contributed by atoms with Crippen molar-refractivity contribution in [2.75, 3.05) is 0 Å². The van der Waals surface area contributed by atoms with Gasteiger partial charge in [-0.25, -0.2) is 4.79 Å². The molecule has 2 heterocycles. The minimum Gasteiger partial charge on any atom is -0.478 e. The number of hydrogen-bond acceptors (Lipinski definition) is 4. The monoisotopic (exact) mass is 293 g/mol. The summed E-state index contributed by atoms with van der Waals surface area (Å²) in [5, 5.41) is 13.6. The molecule has 0 bridgehead atoms. The lowest BCUT2D eigenvalue weighted by molar-refractivity contribution is -0.121. The van der Waals surface area contributed by atoms with Crippen LogP contribution in [0.2, 0.25) is 0 Å². The normalized spacial score (nSPS) is 10.4. The Hall–Kier alpha value is -2.08. The summed E-state index contributed by atoms with van der Waals surface area (Å²) in [6, 6.07) is 5.39. The van der Waals surface area contributed by atoms with Gasteiger partial charge >= 0.3 is 5.97 Å². The Bertz CT molecular complexity index is 601. The van der Waals surface area contributed by atoms with Crippen LogP contribution in [0.3, 0.4) is 0 Å². The van der Waals surface area contributed by atoms with Gasteiger partial charge in [-0.3, -0.25) is 4.79 Å². The lowest BCUT2D eigenvalue weighted by Crippen LogP contribution is -2.22. The van der Waals surface area contributed by atoms with Crippen LogP contribution in [0.4, 0.5) is 0 Å². The average molecular weight is 293 g/mol. The summed E-state index contributed by atoms with van der Waals surface area (Å²) in [4.78, 5) is 23.7. The van der Waals surface area contributed by atoms with Crippen LogP contribution in [0, 0.1) is 6.92 Å². The van der Waals surface area contributed by atoms with Crippen molar-refractivity contribution in [2.24, 2.45) is 0 Å². The van der Waals surface area contributed by atoms with Crippen LogP contribution in [0.1, 0.15) is 33.2 Å². The van der Waals surface area contributed by atoms with E-state index in [0.717, 1.165) is 0 Å². The number of nitrogens with one attached hydrogen (secondary N) is 1. The van der Waals surface area contributed by atoms with Crippen molar-refractivity contribution in [2.45, 2.75) is 26.3 Å². The van der Waals surface area contributed by atoms with Crippen LogP contribution in [-0.2, 0) is 17.8 Å². The van der Waals surface area contributed by atoms with E-state index in [9.17, 15) is 9.59 Å². The fourth-order valence-electron chi connectivity index (χ4n) is 1.81. The van der Waals surface area contributed by atoms with Crippen molar-refractivity contribution in [1.29, 1.82) is 0 Å². The van der Waals surface area contributed by atoms with E-state index in [1.54, 1.807) is 18.3 Å². The van der Waals surface area contributed by atoms with E-state index in [1.165, 1.54) is 10.9 Å². The van der Waals surface area contributed by atoms with E-state index in [4.69, 9.17) is 9.52 Å². The molecule has 0 aromatic carbocycles. The molecule has 2 N–H and O–H groups in total. The Morgan fingerprint density at radius 3 is 2.85 bits per heavy atom. The van der Waals surface area contributed by atoms with E-state index in [0.29, 0.717) is 24.4 Å². The molecule has 0 aliphatic rings. The van der Waals surface area contributed by atoms with Gasteiger partial charge in [0, 0.05) is 11.3 Å². The third-order valence-electron chi connectivity index (χ3n) is 2.84. The van der Waals surface area contributed by atoms with Crippen molar-refractivity contribution in [3.63, 3.8) is 0 Å². The molecule has 0 saturated carbocycles. The molecule has 20 heavy (non-hydrogen) atoms. The van der Waals surface area contributed by atoms with Crippen molar-refractivity contribution in [3.05, 3.63) is 45.5 Å². The first-order chi connectivity index (χ1) is 9.56. The molecular weight excluding hydrogens is 278 g/mol. The predicted octanol–water partition coefficient (Wildman–Crippen LogP) is 2.60. The van der Waals surface area contributed by atoms with Crippen LogP contribution in [0.5, 0.6) is 0 Å². The van der Waals surface area contributed by atoms with Gasteiger partial charge < -0.3 is 14.8 Å². The third kappa shape index (κ3) is 3.71. The number of carboxylic acids is 1. The Morgan fingerprint density at radius 1 is 1.45 bits per heavy atom. The van der Waals surface area contributed by atoms with Gasteiger partial charge in [0.1, 0.15) is 17.1 Å². The van der Waals surface area contributed by atoms with Gasteiger partial charge in [0.15, 0.2) is 0 Å². The average Bonchev–Trinajstić information content (AvgIpc) is 3.03. The van der Waals surface area contributed by atoms with Gasteiger partial charge in [0.05, 0.1) is 6.54 Å². The maximum absolute atomic E-state index is 11.7. The van der Waals surface area contributed by atoms with Gasteiger partial charge in [-0.2, -0.15) is 0 Å². The van der Waals surface area contributed by atoms with Gasteiger partial charge in [-0.1, -0.05) is 6.07 Å². The highest BCUT2D eigenvalue weighted by atomic mass is 32.1. The maximum Gasteiger partial charge on any atom is 0.339 e. The van der Waals surface area contributed by atoms with E-state index in [1.807, 2.05) is 17.5 Å². The molecule has 2 rings (SSSR count). The smallest absolute Gasteiger partial charge is 0.339 e. The molecule has 2 aromatic heterocycles. The molecule has 106 valence electrons. The second-order valence-corrected chi connectivity index (χ2v) is 5.38. The molecular formula is C14H15NO4S. The van der Waals surface area contributed by atoms with Gasteiger partial charge in [0.25, 0.3) is 0 Å². The first-order valence-electron chi connectivity index (χ1n) is 6.18. The largest absolute Gasteiger partial charge is 0.478 e. The number of hydrogen-bond donors (Lipinski definition) is 2. The fourth-order valence-corrected chi connectivity index (χ4v) is 2.52. The minimum absolute atomic E-state index is 0.0793. The molecule has 0 unspecified atom stereocenters. The van der Waals surface area contributed by atoms with Crippen LogP contribution < -0.4 is 5.32 Å². The number of amides is 1. The number of thiophene rings is 1. The Morgan fingerprint density at radius 2 is 2.25 bits per heavy atom. The lowest BCUT2D eigenvalue weighted by Gasteiger charge is -2.02. The minimum atomic E-state index is -1.03. The number of aryl methyl sites for hydroxylation is 2. The summed E-state index contributed by atoms with van der Waals surface area (Å²) in [5.41, 5.74) is 0.132. The highest BCUT2D eigenvalue weighted by Gasteiger charge is 2.14. The first-order valence-corrected chi connectivity index (χ1v) is 7.06. The second kappa shape index (κ2) is 6.38. The summed E-state index contributed by atoms with van der Waals surface area (Å²) < 4.78 is 5.28. The number of carbonyl (C=O) groups excluding carboxylic acids is 1. The zero-order valence-corrected chi connectivity index (χ0v) is 11.8. The van der Waals surface area contributed by atoms with Crippen molar-refractivity contribution in [3.8, 4) is 0 Å². The van der Waals surface area contributed by atoms with Crippen molar-refractivity contribution in [1.82, 2.24) is 5.32 Å². The van der Waals surface area contributed by atoms with Crippen LogP contribution in [-0.4, -0.2) is 17.0 Å². The predicted molar refractivity (Wildman–Crippen MR) is 74.9 cm³/mol. The molecule has 0 radical (unpaired) electrons. The molecule has 0 saturated heterocycles. The maximum atomic E-state index is 11.7. The Labute approximate surface area is 120 Å². The number of carbonyl (C=O) groups is 2. The molecule has 5 nitrogen and oxygen atoms in total. The van der Waals surface area contributed by atoms with E-state index in [-0.39, 0.29) is 18.0 Å². The number of rotatable bonds is 6. The standard InChI is InChI=1S/C14H15NO4S/c1-9-12(14(17)18)7-10(19-9)8-15-13(16)5-4-11-3-2-6-20-11/h2-3,6-7H,4-5,8H2,1H3,(H,15,16)(H,17,18). The van der Waals surface area contributed by atoms with Crippen LogP contribution in [0.15, 0.2) is 28.0 Å². The number of furan rings is 1. The summed E-state index contributed by atoms with van der Waals surface area (Å²) in [5.74, 6) is -0.310. The topological polar surface area (TPSA) is 79.5 Å². The lowest BCUT2D eigenvalue weighted by atomic mass is 10.2. The van der Waals surface area contributed by atoms with E-state index < -0.39 is 5.97 Å². The fraction of sp³-hybridized carbons (Fsp3) is 0.286. The molecule has 0 spiro atoms. The molecule has 0 atom stereocenters. The van der Waals surface area contributed by atoms with Gasteiger partial charge in [-0.15, -0.1) is 11.3 Å². The van der Waals surface area contributed by atoms with Crippen molar-refractivity contribution >= 4 is 23.2 Å². The van der Waals surface area contributed by atoms with E-state index in [2.05, 4.69) is 5.32 Å². The third-order valence-corrected chi connectivity index (χ3v) is 3.77. The molecule has 0 fully saturated rings. The number of aromatic carboxylic acids is 1. The molecule has 0 aliphatic heterocycles. The van der Waals surface area contributed by atoms with Crippen molar-refractivity contribution < 1.29 is 19.1 Å². The molecule has 0 aliphatic carbocycles. The van der Waals surface area contributed by atoms with Crippen LogP contribution >= 0.6 is 11.3 Å². The van der Waals surface area contributed by atoms with Gasteiger partial charge in [-0.05, 0) is 30.9 Å². The quantitative estimate of drug-likeness (QED) is 0.858. The number of carboxylic acid groups (broad SMARTS) is 1. The van der Waals surface area contributed by atoms with Gasteiger partial charge in [0.2, 0.25) is 5.91 Å². The molecule has 2 aromatic rings. The zero-order chi connectivity index (χ0) is 14.5. The highest BCUT2D eigenvalue weighted by molar-refractivity contribution is 7.09. The molecule has 1 amide bonds. The second-order valence-electron chi connectivity index (χ2n) is 4.34. The first kappa shape index (κ1) is 14.3. The molecule has 6 heteroatoms. The zero-order valence-electron chi connectivity index (χ0n) is 11.0. The van der Waals surface area contributed by atoms with Crippen LogP contribution in [0.25, 0.3) is 0 Å². The summed E-state index contributed by atoms with van der Waals surface area (Å²) >= 11 is 1.62. The van der Waals surface area contributed by atoms with E-state index >= 15 is 0 Å². The summed E-state index contributed by atoms with van der Waals surface area (Å²) in [6.45, 7) is 1.79. The summed E-state index contributed by atoms with van der Waals surface area (Å²) in [6.07, 6.45) is 1.12. The Balaban J connectivity index is 1.81. The summed E-state index contributed by atoms with van der Waals surface area (Å²) in [7, 11) is 0. The Kier molecular flexibility index (Phi) is 4.57.